The second kappa shape index (κ2) is 5.75. The van der Waals surface area contributed by atoms with Crippen molar-refractivity contribution in [3.63, 3.8) is 0 Å². The third-order valence-electron chi connectivity index (χ3n) is 3.34. The van der Waals surface area contributed by atoms with Crippen LogP contribution in [0.2, 0.25) is 0 Å². The van der Waals surface area contributed by atoms with E-state index in [-0.39, 0.29) is 10.4 Å². The Balaban J connectivity index is 1.88. The molecular formula is C15H15N3O2S2. The zero-order valence-corrected chi connectivity index (χ0v) is 13.8. The number of sulfonamides is 1. The fourth-order valence-corrected chi connectivity index (χ4v) is 4.43. The molecule has 22 heavy (non-hydrogen) atoms. The van der Waals surface area contributed by atoms with Gasteiger partial charge in [0.15, 0.2) is 0 Å². The second-order valence-electron chi connectivity index (χ2n) is 5.04. The molecule has 3 rings (SSSR count). The number of benzene rings is 2. The van der Waals surface area contributed by atoms with Crippen molar-refractivity contribution in [3.8, 4) is 0 Å². The average molecular weight is 333 g/mol. The van der Waals surface area contributed by atoms with Gasteiger partial charge >= 0.3 is 0 Å². The van der Waals surface area contributed by atoms with Crippen LogP contribution in [0, 0.1) is 6.92 Å². The van der Waals surface area contributed by atoms with E-state index in [1.54, 1.807) is 6.92 Å². The lowest BCUT2D eigenvalue weighted by Crippen LogP contribution is -2.26. The molecule has 1 atom stereocenters. The molecule has 0 aliphatic heterocycles. The van der Waals surface area contributed by atoms with Crippen LogP contribution in [0.4, 0.5) is 0 Å². The highest BCUT2D eigenvalue weighted by atomic mass is 32.2. The van der Waals surface area contributed by atoms with Gasteiger partial charge in [-0.1, -0.05) is 47.7 Å². The highest BCUT2D eigenvalue weighted by molar-refractivity contribution is 7.91. The van der Waals surface area contributed by atoms with Crippen molar-refractivity contribution in [2.75, 3.05) is 0 Å². The van der Waals surface area contributed by atoms with Crippen molar-refractivity contribution in [2.45, 2.75) is 24.2 Å². The number of aromatic nitrogens is 2. The van der Waals surface area contributed by atoms with E-state index in [1.165, 1.54) is 0 Å². The molecule has 1 heterocycles. The Bertz CT molecular complexity index is 919. The Labute approximate surface area is 133 Å². The predicted molar refractivity (Wildman–Crippen MR) is 87.3 cm³/mol. The molecule has 0 fully saturated rings. The molecule has 0 saturated carbocycles. The van der Waals surface area contributed by atoms with Crippen molar-refractivity contribution < 1.29 is 8.42 Å². The molecule has 114 valence electrons. The number of aryl methyl sites for hydroxylation is 1. The summed E-state index contributed by atoms with van der Waals surface area (Å²) >= 11 is 1.06. The SMILES string of the molecule is Cc1nnc(S(=O)(=O)N[C@@H](C)c2ccc3ccccc3c2)s1. The van der Waals surface area contributed by atoms with Crippen LogP contribution in [0.25, 0.3) is 10.8 Å². The molecule has 0 radical (unpaired) electrons. The summed E-state index contributed by atoms with van der Waals surface area (Å²) in [4.78, 5) is 0. The van der Waals surface area contributed by atoms with Gasteiger partial charge in [0.25, 0.3) is 10.0 Å². The van der Waals surface area contributed by atoms with Crippen LogP contribution in [-0.2, 0) is 10.0 Å². The van der Waals surface area contributed by atoms with Crippen molar-refractivity contribution in [1.29, 1.82) is 0 Å². The van der Waals surface area contributed by atoms with Crippen molar-refractivity contribution in [2.24, 2.45) is 0 Å². The van der Waals surface area contributed by atoms with E-state index in [4.69, 9.17) is 0 Å². The molecule has 0 saturated heterocycles. The standard InChI is InChI=1S/C15H15N3O2S2/c1-10(18-22(19,20)15-17-16-11(2)21-15)13-8-7-12-5-3-4-6-14(12)9-13/h3-10,18H,1-2H3/t10-/m0/s1. The van der Waals surface area contributed by atoms with Gasteiger partial charge in [0.1, 0.15) is 5.01 Å². The Morgan fingerprint density at radius 1 is 1.09 bits per heavy atom. The Hall–Kier alpha value is -1.83. The first-order chi connectivity index (χ1) is 10.5. The van der Waals surface area contributed by atoms with Crippen LogP contribution in [0.5, 0.6) is 0 Å². The first-order valence-electron chi connectivity index (χ1n) is 6.77. The lowest BCUT2D eigenvalue weighted by molar-refractivity contribution is 0.565. The van der Waals surface area contributed by atoms with Crippen LogP contribution in [0.15, 0.2) is 46.8 Å². The fraction of sp³-hybridized carbons (Fsp3) is 0.200. The number of nitrogens with one attached hydrogen (secondary N) is 1. The summed E-state index contributed by atoms with van der Waals surface area (Å²) in [7, 11) is -3.65. The van der Waals surface area contributed by atoms with Gasteiger partial charge in [0.05, 0.1) is 0 Å². The first-order valence-corrected chi connectivity index (χ1v) is 9.07. The maximum absolute atomic E-state index is 12.3. The Morgan fingerprint density at radius 2 is 1.82 bits per heavy atom. The van der Waals surface area contributed by atoms with Crippen LogP contribution in [-0.4, -0.2) is 18.6 Å². The van der Waals surface area contributed by atoms with Crippen molar-refractivity contribution >= 4 is 32.1 Å². The third kappa shape index (κ3) is 3.01. The van der Waals surface area contributed by atoms with E-state index in [2.05, 4.69) is 14.9 Å². The lowest BCUT2D eigenvalue weighted by Gasteiger charge is -2.14. The Kier molecular flexibility index (Phi) is 3.94. The molecule has 1 aromatic heterocycles. The number of hydrogen-bond donors (Lipinski definition) is 1. The molecule has 0 spiro atoms. The predicted octanol–water partition coefficient (Wildman–Crippen LogP) is 3.04. The van der Waals surface area contributed by atoms with Gasteiger partial charge in [-0.2, -0.15) is 0 Å². The van der Waals surface area contributed by atoms with Gasteiger partial charge < -0.3 is 0 Å². The minimum Gasteiger partial charge on any atom is -0.204 e. The third-order valence-corrected chi connectivity index (χ3v) is 6.09. The van der Waals surface area contributed by atoms with Crippen LogP contribution < -0.4 is 4.72 Å². The number of fused-ring (bicyclic) bond motifs is 1. The molecule has 5 nitrogen and oxygen atoms in total. The van der Waals surface area contributed by atoms with Gasteiger partial charge in [-0.3, -0.25) is 0 Å². The average Bonchev–Trinajstić information content (AvgIpc) is 2.94. The molecule has 0 aliphatic rings. The zero-order valence-electron chi connectivity index (χ0n) is 12.1. The maximum atomic E-state index is 12.3. The second-order valence-corrected chi connectivity index (χ2v) is 8.11. The van der Waals surface area contributed by atoms with E-state index in [0.717, 1.165) is 27.7 Å². The number of rotatable bonds is 4. The normalized spacial score (nSPS) is 13.4. The molecule has 0 unspecified atom stereocenters. The van der Waals surface area contributed by atoms with Gasteiger partial charge in [-0.15, -0.1) is 10.2 Å². The monoisotopic (exact) mass is 333 g/mol. The van der Waals surface area contributed by atoms with E-state index in [9.17, 15) is 8.42 Å². The summed E-state index contributed by atoms with van der Waals surface area (Å²) in [5, 5.41) is 10.3. The molecule has 2 aromatic carbocycles. The largest absolute Gasteiger partial charge is 0.270 e. The van der Waals surface area contributed by atoms with Crippen LogP contribution in [0.1, 0.15) is 23.5 Å². The molecule has 0 bridgehead atoms. The van der Waals surface area contributed by atoms with E-state index >= 15 is 0 Å². The maximum Gasteiger partial charge on any atom is 0.270 e. The van der Waals surface area contributed by atoms with Crippen LogP contribution in [0.3, 0.4) is 0 Å². The Morgan fingerprint density at radius 3 is 2.50 bits per heavy atom. The first kappa shape index (κ1) is 15.1. The van der Waals surface area contributed by atoms with Crippen molar-refractivity contribution in [1.82, 2.24) is 14.9 Å². The highest BCUT2D eigenvalue weighted by Gasteiger charge is 2.22. The number of nitrogens with zero attached hydrogens (tertiary/aromatic N) is 2. The molecule has 3 aromatic rings. The fourth-order valence-electron chi connectivity index (χ4n) is 2.22. The van der Waals surface area contributed by atoms with Gasteiger partial charge in [-0.05, 0) is 36.2 Å². The summed E-state index contributed by atoms with van der Waals surface area (Å²) in [5.41, 5.74) is 0.906. The zero-order chi connectivity index (χ0) is 15.7. The highest BCUT2D eigenvalue weighted by Crippen LogP contribution is 2.22. The molecule has 0 amide bonds. The lowest BCUT2D eigenvalue weighted by atomic mass is 10.0. The van der Waals surface area contributed by atoms with E-state index < -0.39 is 10.0 Å². The van der Waals surface area contributed by atoms with Gasteiger partial charge in [0, 0.05) is 6.04 Å². The molecule has 1 N–H and O–H groups in total. The number of hydrogen-bond acceptors (Lipinski definition) is 5. The van der Waals surface area contributed by atoms with E-state index in [0.29, 0.717) is 5.01 Å². The summed E-state index contributed by atoms with van der Waals surface area (Å²) in [6.45, 7) is 3.54. The molecular weight excluding hydrogens is 318 g/mol. The van der Waals surface area contributed by atoms with Crippen LogP contribution >= 0.6 is 11.3 Å². The quantitative estimate of drug-likeness (QED) is 0.796. The van der Waals surface area contributed by atoms with Gasteiger partial charge in [-0.25, -0.2) is 13.1 Å². The topological polar surface area (TPSA) is 72.0 Å². The summed E-state index contributed by atoms with van der Waals surface area (Å²) in [6, 6.07) is 13.5. The van der Waals surface area contributed by atoms with Crippen molar-refractivity contribution in [3.05, 3.63) is 53.0 Å². The minimum atomic E-state index is -3.65. The van der Waals surface area contributed by atoms with E-state index in [1.807, 2.05) is 49.4 Å². The molecule has 7 heteroatoms. The molecule has 0 aliphatic carbocycles. The van der Waals surface area contributed by atoms with Gasteiger partial charge in [0.2, 0.25) is 4.34 Å². The minimum absolute atomic E-state index is 0.00219. The smallest absolute Gasteiger partial charge is 0.204 e. The summed E-state index contributed by atoms with van der Waals surface area (Å²) in [5.74, 6) is 0. The summed E-state index contributed by atoms with van der Waals surface area (Å²) < 4.78 is 27.2. The summed E-state index contributed by atoms with van der Waals surface area (Å²) in [6.07, 6.45) is 0.